The monoisotopic (exact) mass is 323 g/mol. The fraction of sp³-hybridized carbons (Fsp3) is 0.765. The molecule has 1 aromatic rings. The Kier molecular flexibility index (Phi) is 3.65. The van der Waals surface area contributed by atoms with Gasteiger partial charge in [-0.05, 0) is 55.8 Å². The number of alkyl halides is 2. The van der Waals surface area contributed by atoms with E-state index in [1.807, 2.05) is 0 Å². The predicted octanol–water partition coefficient (Wildman–Crippen LogP) is 3.31. The van der Waals surface area contributed by atoms with E-state index in [0.29, 0.717) is 11.8 Å². The van der Waals surface area contributed by atoms with Gasteiger partial charge >= 0.3 is 6.55 Å². The summed E-state index contributed by atoms with van der Waals surface area (Å²) in [6.07, 6.45) is 8.72. The highest BCUT2D eigenvalue weighted by molar-refractivity contribution is 5.79. The summed E-state index contributed by atoms with van der Waals surface area (Å²) < 4.78 is 26.7. The van der Waals surface area contributed by atoms with Gasteiger partial charge in [-0.2, -0.15) is 8.78 Å². The van der Waals surface area contributed by atoms with Crippen LogP contribution < -0.4 is 0 Å². The molecule has 0 aliphatic heterocycles. The molecule has 126 valence electrons. The second-order valence-electron chi connectivity index (χ2n) is 7.68. The molecule has 0 atom stereocenters. The third-order valence-electron chi connectivity index (χ3n) is 6.23. The first-order valence-electron chi connectivity index (χ1n) is 8.57. The average molecular weight is 323 g/mol. The van der Waals surface area contributed by atoms with Crippen molar-refractivity contribution in [2.24, 2.45) is 29.6 Å². The van der Waals surface area contributed by atoms with E-state index in [9.17, 15) is 13.6 Å². The average Bonchev–Trinajstić information content (AvgIpc) is 2.94. The van der Waals surface area contributed by atoms with Crippen LogP contribution in [0, 0.1) is 29.6 Å². The summed E-state index contributed by atoms with van der Waals surface area (Å²) in [5.74, 6) is 3.14. The van der Waals surface area contributed by atoms with Crippen molar-refractivity contribution in [2.45, 2.75) is 45.2 Å². The van der Waals surface area contributed by atoms with Gasteiger partial charge in [-0.3, -0.25) is 9.36 Å². The molecular formula is C17H23F2N3O. The number of rotatable bonds is 4. The normalized spacial score (nSPS) is 35.0. The molecular weight excluding hydrogens is 300 g/mol. The molecule has 1 aromatic heterocycles. The van der Waals surface area contributed by atoms with Gasteiger partial charge < -0.3 is 4.90 Å². The Balaban J connectivity index is 1.47. The molecule has 4 bridgehead atoms. The largest absolute Gasteiger partial charge is 0.338 e. The van der Waals surface area contributed by atoms with E-state index in [1.165, 1.54) is 44.5 Å². The number of hydrogen-bond donors (Lipinski definition) is 0. The lowest BCUT2D eigenvalue weighted by atomic mass is 9.51. The van der Waals surface area contributed by atoms with E-state index in [0.717, 1.165) is 16.4 Å². The van der Waals surface area contributed by atoms with Crippen LogP contribution in [0.15, 0.2) is 12.4 Å². The third kappa shape index (κ3) is 2.56. The summed E-state index contributed by atoms with van der Waals surface area (Å²) >= 11 is 0. The second-order valence-corrected chi connectivity index (χ2v) is 7.68. The molecule has 0 spiro atoms. The SMILES string of the molecule is CN(Cc1nccn1C(F)F)C(=O)C1C2CC3CC(C2)CC1C3. The summed E-state index contributed by atoms with van der Waals surface area (Å²) in [6.45, 7) is -2.46. The summed E-state index contributed by atoms with van der Waals surface area (Å²) in [5.41, 5.74) is 0. The van der Waals surface area contributed by atoms with E-state index in [-0.39, 0.29) is 24.2 Å². The Morgan fingerprint density at radius 2 is 1.87 bits per heavy atom. The van der Waals surface area contributed by atoms with Crippen LogP contribution in [0.25, 0.3) is 0 Å². The van der Waals surface area contributed by atoms with Gasteiger partial charge in [0.1, 0.15) is 5.82 Å². The summed E-state index contributed by atoms with van der Waals surface area (Å²) in [6, 6.07) is 0. The molecule has 4 aliphatic carbocycles. The van der Waals surface area contributed by atoms with E-state index < -0.39 is 6.55 Å². The van der Waals surface area contributed by atoms with Crippen LogP contribution in [0.1, 0.15) is 44.5 Å². The lowest BCUT2D eigenvalue weighted by molar-refractivity contribution is -0.148. The molecule has 0 saturated heterocycles. The molecule has 4 aliphatic rings. The number of amides is 1. The van der Waals surface area contributed by atoms with Gasteiger partial charge in [0.15, 0.2) is 0 Å². The Hall–Kier alpha value is -1.46. The standard InChI is InChI=1S/C17H23F2N3O/c1-21(9-14-20-2-3-22(14)17(18)19)16(23)15-12-5-10-4-11(7-12)8-13(15)6-10/h2-3,10-13,15,17H,4-9H2,1H3. The molecule has 1 heterocycles. The van der Waals surface area contributed by atoms with Crippen molar-refractivity contribution in [1.29, 1.82) is 0 Å². The van der Waals surface area contributed by atoms with E-state index in [1.54, 1.807) is 11.9 Å². The van der Waals surface area contributed by atoms with E-state index in [4.69, 9.17) is 0 Å². The van der Waals surface area contributed by atoms with Crippen molar-refractivity contribution in [2.75, 3.05) is 7.05 Å². The number of imidazole rings is 1. The molecule has 0 N–H and O–H groups in total. The van der Waals surface area contributed by atoms with E-state index in [2.05, 4.69) is 4.98 Å². The minimum Gasteiger partial charge on any atom is -0.338 e. The van der Waals surface area contributed by atoms with Crippen LogP contribution >= 0.6 is 0 Å². The van der Waals surface area contributed by atoms with Crippen LogP contribution in [0.4, 0.5) is 8.78 Å². The summed E-state index contributed by atoms with van der Waals surface area (Å²) in [7, 11) is 1.72. The zero-order chi connectivity index (χ0) is 16.1. The van der Waals surface area contributed by atoms with Crippen molar-refractivity contribution in [3.63, 3.8) is 0 Å². The second kappa shape index (κ2) is 5.56. The molecule has 4 nitrogen and oxygen atoms in total. The molecule has 5 rings (SSSR count). The Morgan fingerprint density at radius 3 is 2.43 bits per heavy atom. The summed E-state index contributed by atoms with van der Waals surface area (Å²) in [5, 5.41) is 0. The maximum absolute atomic E-state index is 12.9. The molecule has 0 radical (unpaired) electrons. The van der Waals surface area contributed by atoms with Gasteiger partial charge in [0.2, 0.25) is 5.91 Å². The van der Waals surface area contributed by atoms with Crippen molar-refractivity contribution >= 4 is 5.91 Å². The zero-order valence-electron chi connectivity index (χ0n) is 13.4. The maximum Gasteiger partial charge on any atom is 0.319 e. The van der Waals surface area contributed by atoms with Crippen LogP contribution in [-0.4, -0.2) is 27.4 Å². The molecule has 6 heteroatoms. The van der Waals surface area contributed by atoms with Gasteiger partial charge in [0.05, 0.1) is 6.54 Å². The third-order valence-corrected chi connectivity index (χ3v) is 6.23. The van der Waals surface area contributed by atoms with E-state index >= 15 is 0 Å². The van der Waals surface area contributed by atoms with Crippen LogP contribution in [0.2, 0.25) is 0 Å². The lowest BCUT2D eigenvalue weighted by Crippen LogP contribution is -2.51. The smallest absolute Gasteiger partial charge is 0.319 e. The van der Waals surface area contributed by atoms with Gasteiger partial charge in [-0.15, -0.1) is 0 Å². The topological polar surface area (TPSA) is 38.1 Å². The summed E-state index contributed by atoms with van der Waals surface area (Å²) in [4.78, 5) is 18.5. The van der Waals surface area contributed by atoms with Crippen LogP contribution in [0.3, 0.4) is 0 Å². The van der Waals surface area contributed by atoms with Crippen LogP contribution in [-0.2, 0) is 11.3 Å². The quantitative estimate of drug-likeness (QED) is 0.852. The molecule has 1 amide bonds. The minimum absolute atomic E-state index is 0.0998. The first kappa shape index (κ1) is 15.1. The first-order chi connectivity index (χ1) is 11.0. The number of halogens is 2. The Morgan fingerprint density at radius 1 is 1.26 bits per heavy atom. The molecule has 0 aromatic carbocycles. The van der Waals surface area contributed by atoms with Gasteiger partial charge in [0.25, 0.3) is 0 Å². The Bertz CT molecular complexity index is 572. The number of carbonyl (C=O) groups excluding carboxylic acids is 1. The Labute approximate surface area is 134 Å². The van der Waals surface area contributed by atoms with Crippen molar-refractivity contribution in [1.82, 2.24) is 14.5 Å². The fourth-order valence-corrected chi connectivity index (χ4v) is 5.52. The van der Waals surface area contributed by atoms with Crippen LogP contribution in [0.5, 0.6) is 0 Å². The highest BCUT2D eigenvalue weighted by Crippen LogP contribution is 2.56. The molecule has 4 saturated carbocycles. The minimum atomic E-state index is -2.61. The molecule has 23 heavy (non-hydrogen) atoms. The molecule has 0 unspecified atom stereocenters. The first-order valence-corrected chi connectivity index (χ1v) is 8.57. The van der Waals surface area contributed by atoms with Gasteiger partial charge in [0, 0.05) is 25.4 Å². The number of hydrogen-bond acceptors (Lipinski definition) is 2. The van der Waals surface area contributed by atoms with Crippen molar-refractivity contribution < 1.29 is 13.6 Å². The number of aromatic nitrogens is 2. The number of nitrogens with zero attached hydrogens (tertiary/aromatic N) is 3. The zero-order valence-corrected chi connectivity index (χ0v) is 13.4. The predicted molar refractivity (Wildman–Crippen MR) is 80.5 cm³/mol. The fourth-order valence-electron chi connectivity index (χ4n) is 5.52. The van der Waals surface area contributed by atoms with Crippen molar-refractivity contribution in [3.05, 3.63) is 18.2 Å². The van der Waals surface area contributed by atoms with Gasteiger partial charge in [-0.1, -0.05) is 0 Å². The number of carbonyl (C=O) groups is 1. The molecule has 4 fully saturated rings. The lowest BCUT2D eigenvalue weighted by Gasteiger charge is -2.54. The highest BCUT2D eigenvalue weighted by Gasteiger charge is 2.51. The highest BCUT2D eigenvalue weighted by atomic mass is 19.3. The van der Waals surface area contributed by atoms with Crippen molar-refractivity contribution in [3.8, 4) is 0 Å². The van der Waals surface area contributed by atoms with Gasteiger partial charge in [-0.25, -0.2) is 4.98 Å². The maximum atomic E-state index is 12.9.